The van der Waals surface area contributed by atoms with Gasteiger partial charge >= 0.3 is 0 Å². The van der Waals surface area contributed by atoms with Crippen LogP contribution in [0.4, 0.5) is 11.5 Å². The number of piperidine rings is 1. The average molecular weight is 409 g/mol. The van der Waals surface area contributed by atoms with Crippen LogP contribution in [0.2, 0.25) is 0 Å². The van der Waals surface area contributed by atoms with Gasteiger partial charge in [0.25, 0.3) is 5.91 Å². The van der Waals surface area contributed by atoms with Crippen LogP contribution in [0, 0.1) is 0 Å². The van der Waals surface area contributed by atoms with Gasteiger partial charge in [-0.25, -0.2) is 0 Å². The maximum Gasteiger partial charge on any atom is 0.256 e. The monoisotopic (exact) mass is 408 g/mol. The van der Waals surface area contributed by atoms with Crippen LogP contribution in [0.5, 0.6) is 0 Å². The van der Waals surface area contributed by atoms with E-state index in [1.807, 2.05) is 78.9 Å². The molecule has 0 unspecified atom stereocenters. The highest BCUT2D eigenvalue weighted by atomic mass is 16.1. The number of carbonyl (C=O) groups excluding carboxylic acids is 1. The summed E-state index contributed by atoms with van der Waals surface area (Å²) in [4.78, 5) is 15.1. The van der Waals surface area contributed by atoms with E-state index in [4.69, 9.17) is 0 Å². The van der Waals surface area contributed by atoms with Gasteiger partial charge in [-0.1, -0.05) is 48.5 Å². The van der Waals surface area contributed by atoms with Gasteiger partial charge in [0, 0.05) is 29.9 Å². The van der Waals surface area contributed by atoms with E-state index in [1.165, 1.54) is 19.3 Å². The number of hydrogen-bond acceptors (Lipinski definition) is 4. The topological polar surface area (TPSA) is 58.1 Å². The Morgan fingerprint density at radius 3 is 2.32 bits per heavy atom. The van der Waals surface area contributed by atoms with E-state index in [9.17, 15) is 4.79 Å². The first-order valence-electron chi connectivity index (χ1n) is 10.8. The average Bonchev–Trinajstić information content (AvgIpc) is 2.85. The number of benzene rings is 3. The molecule has 1 aliphatic rings. The Bertz CT molecular complexity index is 1190. The van der Waals surface area contributed by atoms with Gasteiger partial charge in [-0.3, -0.25) is 4.79 Å². The zero-order valence-electron chi connectivity index (χ0n) is 17.3. The molecule has 5 rings (SSSR count). The number of carbonyl (C=O) groups is 1. The summed E-state index contributed by atoms with van der Waals surface area (Å²) in [5.74, 6) is 0.831. The highest BCUT2D eigenvalue weighted by molar-refractivity contribution is 6.12. The van der Waals surface area contributed by atoms with Crippen LogP contribution in [0.25, 0.3) is 22.0 Å². The fourth-order valence-electron chi connectivity index (χ4n) is 4.12. The molecule has 0 aliphatic carbocycles. The van der Waals surface area contributed by atoms with Gasteiger partial charge in [-0.2, -0.15) is 0 Å². The quantitative estimate of drug-likeness (QED) is 0.482. The maximum atomic E-state index is 12.8. The van der Waals surface area contributed by atoms with E-state index < -0.39 is 0 Å². The third-order valence-corrected chi connectivity index (χ3v) is 5.80. The second-order valence-electron chi connectivity index (χ2n) is 7.88. The van der Waals surface area contributed by atoms with Crippen molar-refractivity contribution in [2.45, 2.75) is 19.3 Å². The summed E-state index contributed by atoms with van der Waals surface area (Å²) in [5, 5.41) is 13.8. The van der Waals surface area contributed by atoms with Crippen LogP contribution in [0.3, 0.4) is 0 Å². The lowest BCUT2D eigenvalue weighted by atomic mass is 10.0. The molecule has 5 nitrogen and oxygen atoms in total. The van der Waals surface area contributed by atoms with Crippen LogP contribution < -0.4 is 10.2 Å². The largest absolute Gasteiger partial charge is 0.355 e. The zero-order chi connectivity index (χ0) is 21.0. The lowest BCUT2D eigenvalue weighted by Crippen LogP contribution is -2.30. The molecule has 1 aromatic heterocycles. The Hall–Kier alpha value is -3.73. The molecule has 154 valence electrons. The number of amides is 1. The Balaban J connectivity index is 1.30. The smallest absolute Gasteiger partial charge is 0.256 e. The summed E-state index contributed by atoms with van der Waals surface area (Å²) in [6, 6.07) is 25.5. The lowest BCUT2D eigenvalue weighted by Gasteiger charge is -2.27. The Morgan fingerprint density at radius 2 is 1.55 bits per heavy atom. The number of aromatic nitrogens is 2. The van der Waals surface area contributed by atoms with E-state index in [0.717, 1.165) is 46.6 Å². The first-order chi connectivity index (χ1) is 15.3. The predicted octanol–water partition coefficient (Wildman–Crippen LogP) is 5.54. The molecular formula is C26H24N4O. The van der Waals surface area contributed by atoms with E-state index in [2.05, 4.69) is 20.4 Å². The zero-order valence-corrected chi connectivity index (χ0v) is 17.3. The lowest BCUT2D eigenvalue weighted by molar-refractivity contribution is 0.102. The molecule has 2 heterocycles. The summed E-state index contributed by atoms with van der Waals surface area (Å²) in [6.07, 6.45) is 3.73. The van der Waals surface area contributed by atoms with Gasteiger partial charge < -0.3 is 10.2 Å². The molecule has 1 fully saturated rings. The highest BCUT2D eigenvalue weighted by Gasteiger charge is 2.13. The van der Waals surface area contributed by atoms with Crippen molar-refractivity contribution in [3.8, 4) is 11.3 Å². The van der Waals surface area contributed by atoms with E-state index in [0.29, 0.717) is 5.56 Å². The Labute approximate surface area is 181 Å². The first-order valence-corrected chi connectivity index (χ1v) is 10.8. The second-order valence-corrected chi connectivity index (χ2v) is 7.88. The number of fused-ring (bicyclic) bond motifs is 1. The minimum absolute atomic E-state index is 0.116. The SMILES string of the molecule is O=C(Nc1ccc(-c2ccc(N3CCCCC3)nn2)cc1)c1cccc2ccccc12. The molecule has 5 heteroatoms. The van der Waals surface area contributed by atoms with Gasteiger partial charge in [0.15, 0.2) is 5.82 Å². The summed E-state index contributed by atoms with van der Waals surface area (Å²) < 4.78 is 0. The van der Waals surface area contributed by atoms with Gasteiger partial charge in [0.1, 0.15) is 0 Å². The molecule has 4 aromatic rings. The standard InChI is InChI=1S/C26H24N4O/c31-26(23-10-6-8-19-7-2-3-9-22(19)23)27-21-13-11-20(12-14-21)24-15-16-25(29-28-24)30-17-4-1-5-18-30/h2-3,6-16H,1,4-5,17-18H2,(H,27,31). The van der Waals surface area contributed by atoms with Crippen molar-refractivity contribution < 1.29 is 4.79 Å². The van der Waals surface area contributed by atoms with Gasteiger partial charge in [-0.15, -0.1) is 10.2 Å². The van der Waals surface area contributed by atoms with Crippen LogP contribution in [0.15, 0.2) is 78.9 Å². The Morgan fingerprint density at radius 1 is 0.774 bits per heavy atom. The van der Waals surface area contributed by atoms with Crippen LogP contribution in [-0.2, 0) is 0 Å². The molecule has 1 amide bonds. The van der Waals surface area contributed by atoms with Crippen LogP contribution in [-0.4, -0.2) is 29.2 Å². The second kappa shape index (κ2) is 8.56. The summed E-state index contributed by atoms with van der Waals surface area (Å²) in [6.45, 7) is 2.11. The minimum atomic E-state index is -0.116. The minimum Gasteiger partial charge on any atom is -0.355 e. The number of hydrogen-bond donors (Lipinski definition) is 1. The highest BCUT2D eigenvalue weighted by Crippen LogP contribution is 2.24. The molecule has 0 spiro atoms. The summed E-state index contributed by atoms with van der Waals surface area (Å²) in [5.41, 5.74) is 3.22. The third-order valence-electron chi connectivity index (χ3n) is 5.80. The number of anilines is 2. The normalized spacial score (nSPS) is 13.9. The van der Waals surface area contributed by atoms with Crippen molar-refractivity contribution in [2.24, 2.45) is 0 Å². The fourth-order valence-corrected chi connectivity index (χ4v) is 4.12. The molecule has 1 N–H and O–H groups in total. The number of rotatable bonds is 4. The summed E-state index contributed by atoms with van der Waals surface area (Å²) in [7, 11) is 0. The molecule has 1 aliphatic heterocycles. The van der Waals surface area contributed by atoms with E-state index in [-0.39, 0.29) is 5.91 Å². The molecule has 0 bridgehead atoms. The molecule has 3 aromatic carbocycles. The van der Waals surface area contributed by atoms with Gasteiger partial charge in [-0.05, 0) is 60.4 Å². The van der Waals surface area contributed by atoms with Crippen LogP contribution in [0.1, 0.15) is 29.6 Å². The first kappa shape index (κ1) is 19.2. The molecule has 31 heavy (non-hydrogen) atoms. The van der Waals surface area contributed by atoms with Crippen molar-refractivity contribution in [3.05, 3.63) is 84.4 Å². The van der Waals surface area contributed by atoms with Crippen molar-refractivity contribution >= 4 is 28.2 Å². The fraction of sp³-hybridized carbons (Fsp3) is 0.192. The van der Waals surface area contributed by atoms with Crippen molar-refractivity contribution in [1.29, 1.82) is 0 Å². The van der Waals surface area contributed by atoms with Gasteiger partial charge in [0.05, 0.1) is 5.69 Å². The molecule has 1 saturated heterocycles. The van der Waals surface area contributed by atoms with E-state index in [1.54, 1.807) is 0 Å². The molecular weight excluding hydrogens is 384 g/mol. The molecule has 0 radical (unpaired) electrons. The van der Waals surface area contributed by atoms with Crippen LogP contribution >= 0.6 is 0 Å². The molecule has 0 atom stereocenters. The maximum absolute atomic E-state index is 12.8. The van der Waals surface area contributed by atoms with Crippen molar-refractivity contribution in [1.82, 2.24) is 10.2 Å². The third kappa shape index (κ3) is 4.12. The molecule has 0 saturated carbocycles. The number of nitrogens with zero attached hydrogens (tertiary/aromatic N) is 3. The van der Waals surface area contributed by atoms with Crippen molar-refractivity contribution in [3.63, 3.8) is 0 Å². The summed E-state index contributed by atoms with van der Waals surface area (Å²) >= 11 is 0. The Kier molecular flexibility index (Phi) is 5.31. The van der Waals surface area contributed by atoms with Crippen molar-refractivity contribution in [2.75, 3.05) is 23.3 Å². The van der Waals surface area contributed by atoms with E-state index >= 15 is 0 Å². The van der Waals surface area contributed by atoms with Gasteiger partial charge in [0.2, 0.25) is 0 Å². The number of nitrogens with one attached hydrogen (secondary N) is 1. The predicted molar refractivity (Wildman–Crippen MR) is 125 cm³/mol.